The van der Waals surface area contributed by atoms with Crippen molar-refractivity contribution in [3.63, 3.8) is 0 Å². The predicted octanol–water partition coefficient (Wildman–Crippen LogP) is 3.90. The van der Waals surface area contributed by atoms with Crippen LogP contribution >= 0.6 is 47.0 Å². The van der Waals surface area contributed by atoms with Crippen molar-refractivity contribution in [2.45, 2.75) is 54.1 Å². The number of carbonyl (C=O) groups is 1. The molecule has 4 N–H and O–H groups in total. The van der Waals surface area contributed by atoms with E-state index in [1.54, 1.807) is 6.08 Å². The Morgan fingerprint density at radius 3 is 2.60 bits per heavy atom. The minimum atomic E-state index is -1.77. The van der Waals surface area contributed by atoms with Gasteiger partial charge in [0.25, 0.3) is 0 Å². The predicted molar refractivity (Wildman–Crippen MR) is 129 cm³/mol. The highest BCUT2D eigenvalue weighted by Gasteiger charge is 2.37. The molecule has 0 aromatic heterocycles. The highest BCUT2D eigenvalue weighted by molar-refractivity contribution is 7.80. The summed E-state index contributed by atoms with van der Waals surface area (Å²) in [5.74, 6) is 0.140. The molecule has 0 bridgehead atoms. The number of hydrogen-bond donors (Lipinski definition) is 4. The Labute approximate surface area is 198 Å². The molecule has 1 saturated heterocycles. The van der Waals surface area contributed by atoms with Gasteiger partial charge in [-0.3, -0.25) is 4.79 Å². The first-order valence-electron chi connectivity index (χ1n) is 10.2. The number of rotatable bonds is 5. The summed E-state index contributed by atoms with van der Waals surface area (Å²) >= 11 is 23.8. The number of alkyl halides is 3. The summed E-state index contributed by atoms with van der Waals surface area (Å²) < 4.78 is -1.77. The average Bonchev–Trinajstić information content (AvgIpc) is 2.72. The van der Waals surface area contributed by atoms with Crippen LogP contribution in [-0.4, -0.2) is 39.6 Å². The minimum absolute atomic E-state index is 0.265. The molecule has 164 valence electrons. The second-order valence-electron chi connectivity index (χ2n) is 7.75. The molecule has 3 rings (SSSR count). The van der Waals surface area contributed by atoms with Crippen LogP contribution in [0.15, 0.2) is 36.4 Å². The van der Waals surface area contributed by atoms with Gasteiger partial charge < -0.3 is 21.3 Å². The molecule has 0 spiro atoms. The van der Waals surface area contributed by atoms with E-state index in [-0.39, 0.29) is 11.9 Å². The van der Waals surface area contributed by atoms with Gasteiger partial charge in [0, 0.05) is 18.2 Å². The molecule has 1 amide bonds. The fourth-order valence-electron chi connectivity index (χ4n) is 4.18. The van der Waals surface area contributed by atoms with Crippen LogP contribution in [0.1, 0.15) is 37.7 Å². The lowest BCUT2D eigenvalue weighted by Crippen LogP contribution is -2.61. The zero-order valence-corrected chi connectivity index (χ0v) is 19.6. The molecule has 5 nitrogen and oxygen atoms in total. The number of benzene rings is 1. The molecule has 1 aromatic carbocycles. The molecule has 2 fully saturated rings. The molecular weight excluding hydrogens is 463 g/mol. The number of carbonyl (C=O) groups excluding carboxylic acids is 1. The lowest BCUT2D eigenvalue weighted by molar-refractivity contribution is -0.117. The van der Waals surface area contributed by atoms with Gasteiger partial charge in [0.05, 0.1) is 0 Å². The van der Waals surface area contributed by atoms with Gasteiger partial charge in [0.1, 0.15) is 6.17 Å². The first-order chi connectivity index (χ1) is 14.3. The molecule has 4 unspecified atom stereocenters. The quantitative estimate of drug-likeness (QED) is 0.219. The number of fused-ring (bicyclic) bond motifs is 1. The Morgan fingerprint density at radius 1 is 1.13 bits per heavy atom. The molecule has 30 heavy (non-hydrogen) atoms. The van der Waals surface area contributed by atoms with E-state index in [9.17, 15) is 4.79 Å². The van der Waals surface area contributed by atoms with Gasteiger partial charge in [-0.15, -0.1) is 0 Å². The summed E-state index contributed by atoms with van der Waals surface area (Å²) in [5.41, 5.74) is 0.899. The van der Waals surface area contributed by atoms with Crippen LogP contribution in [0, 0.1) is 5.92 Å². The Balaban J connectivity index is 1.57. The Bertz CT molecular complexity index is 754. The highest BCUT2D eigenvalue weighted by atomic mass is 35.6. The Hall–Kier alpha value is -1.05. The third-order valence-corrected chi connectivity index (χ3v) is 6.52. The van der Waals surface area contributed by atoms with Crippen LogP contribution in [0.5, 0.6) is 0 Å². The van der Waals surface area contributed by atoms with Gasteiger partial charge in [-0.05, 0) is 55.6 Å². The van der Waals surface area contributed by atoms with E-state index in [1.165, 1.54) is 31.8 Å². The van der Waals surface area contributed by atoms with Crippen LogP contribution < -0.4 is 21.3 Å². The summed E-state index contributed by atoms with van der Waals surface area (Å²) in [5, 5.41) is 13.0. The molecule has 1 aliphatic carbocycles. The molecule has 1 aromatic rings. The Morgan fingerprint density at radius 2 is 1.87 bits per heavy atom. The molecule has 1 saturated carbocycles. The van der Waals surface area contributed by atoms with Gasteiger partial charge in [0.2, 0.25) is 9.70 Å². The van der Waals surface area contributed by atoms with E-state index in [0.717, 1.165) is 18.5 Å². The summed E-state index contributed by atoms with van der Waals surface area (Å²) in [6.07, 6.45) is 7.97. The zero-order valence-electron chi connectivity index (χ0n) is 16.5. The summed E-state index contributed by atoms with van der Waals surface area (Å²) in [6.45, 7) is 0.955. The average molecular weight is 490 g/mol. The molecule has 1 heterocycles. The SMILES string of the molecule is O=C(/C=C/c1ccccc1)NC(NC(=S)NC1CCNC2CCCCC21)C(Cl)(Cl)Cl. The number of amides is 1. The Kier molecular flexibility index (Phi) is 8.66. The number of hydrogen-bond acceptors (Lipinski definition) is 3. The third kappa shape index (κ3) is 6.99. The molecule has 1 aliphatic heterocycles. The zero-order chi connectivity index (χ0) is 21.6. The lowest BCUT2D eigenvalue weighted by Gasteiger charge is -2.43. The van der Waals surface area contributed by atoms with Crippen molar-refractivity contribution in [1.29, 1.82) is 0 Å². The standard InChI is InChI=1S/C21H27Cl3N4OS/c22-21(23,24)19(27-18(29)11-10-14-6-2-1-3-7-14)28-20(30)26-17-12-13-25-16-9-5-4-8-15(16)17/h1-3,6-7,10-11,15-17,19,25H,4-5,8-9,12-13H2,(H,27,29)(H2,26,28,30)/b11-10+. The van der Waals surface area contributed by atoms with Crippen molar-refractivity contribution >= 4 is 64.1 Å². The van der Waals surface area contributed by atoms with Gasteiger partial charge in [-0.2, -0.15) is 0 Å². The van der Waals surface area contributed by atoms with Gasteiger partial charge in [-0.25, -0.2) is 0 Å². The van der Waals surface area contributed by atoms with Crippen LogP contribution in [0.2, 0.25) is 0 Å². The maximum Gasteiger partial charge on any atom is 0.245 e. The van der Waals surface area contributed by atoms with Crippen molar-refractivity contribution in [2.24, 2.45) is 5.92 Å². The fraction of sp³-hybridized carbons (Fsp3) is 0.524. The van der Waals surface area contributed by atoms with Gasteiger partial charge >= 0.3 is 0 Å². The number of nitrogens with one attached hydrogen (secondary N) is 4. The highest BCUT2D eigenvalue weighted by Crippen LogP contribution is 2.31. The second-order valence-corrected chi connectivity index (χ2v) is 10.5. The van der Waals surface area contributed by atoms with Crippen LogP contribution in [0.4, 0.5) is 0 Å². The molecule has 9 heteroatoms. The molecule has 0 radical (unpaired) electrons. The first-order valence-corrected chi connectivity index (χ1v) is 11.8. The topological polar surface area (TPSA) is 65.2 Å². The number of thiocarbonyl (C=S) groups is 1. The van der Waals surface area contributed by atoms with E-state index < -0.39 is 9.96 Å². The maximum absolute atomic E-state index is 12.3. The van der Waals surface area contributed by atoms with Crippen LogP contribution in [0.3, 0.4) is 0 Å². The first kappa shape index (κ1) is 23.6. The molecular formula is C21H27Cl3N4OS. The van der Waals surface area contributed by atoms with Crippen LogP contribution in [0.25, 0.3) is 6.08 Å². The normalized spacial score (nSPS) is 25.2. The molecule has 2 aliphatic rings. The van der Waals surface area contributed by atoms with Crippen molar-refractivity contribution < 1.29 is 4.79 Å². The van der Waals surface area contributed by atoms with E-state index in [4.69, 9.17) is 47.0 Å². The van der Waals surface area contributed by atoms with Gasteiger partial charge in [-0.1, -0.05) is 78.0 Å². The van der Waals surface area contributed by atoms with Crippen molar-refractivity contribution in [2.75, 3.05) is 6.54 Å². The van der Waals surface area contributed by atoms with E-state index in [0.29, 0.717) is 17.1 Å². The van der Waals surface area contributed by atoms with Crippen molar-refractivity contribution in [3.05, 3.63) is 42.0 Å². The largest absolute Gasteiger partial charge is 0.360 e. The van der Waals surface area contributed by atoms with Crippen molar-refractivity contribution in [3.8, 4) is 0 Å². The maximum atomic E-state index is 12.3. The third-order valence-electron chi connectivity index (χ3n) is 5.63. The van der Waals surface area contributed by atoms with Gasteiger partial charge in [0.15, 0.2) is 5.11 Å². The lowest BCUT2D eigenvalue weighted by atomic mass is 9.76. The summed E-state index contributed by atoms with van der Waals surface area (Å²) in [4.78, 5) is 12.3. The summed E-state index contributed by atoms with van der Waals surface area (Å²) in [6, 6.07) is 10.3. The second kappa shape index (κ2) is 11.0. The van der Waals surface area contributed by atoms with E-state index in [1.807, 2.05) is 30.3 Å². The van der Waals surface area contributed by atoms with E-state index in [2.05, 4.69) is 21.3 Å². The minimum Gasteiger partial charge on any atom is -0.360 e. The smallest absolute Gasteiger partial charge is 0.245 e. The number of piperidine rings is 1. The van der Waals surface area contributed by atoms with E-state index >= 15 is 0 Å². The fourth-order valence-corrected chi connectivity index (χ4v) is 4.78. The monoisotopic (exact) mass is 488 g/mol. The molecule has 4 atom stereocenters. The number of halogens is 3. The van der Waals surface area contributed by atoms with Crippen molar-refractivity contribution in [1.82, 2.24) is 21.3 Å². The van der Waals surface area contributed by atoms with Crippen LogP contribution in [-0.2, 0) is 4.79 Å². The summed E-state index contributed by atoms with van der Waals surface area (Å²) in [7, 11) is 0.